The Kier molecular flexibility index (Phi) is 3.75. The van der Waals surface area contributed by atoms with Gasteiger partial charge in [0, 0.05) is 29.4 Å². The molecule has 8 heteroatoms. The van der Waals surface area contributed by atoms with Gasteiger partial charge in [-0.3, -0.25) is 9.59 Å². The SMILES string of the molecule is CC(=O)Nc1nc(C(C(N)=O)c2c[nH]c3ccc(O)cc23)cs1. The number of hydrogen-bond donors (Lipinski definition) is 4. The number of thiazole rings is 1. The van der Waals surface area contributed by atoms with Crippen molar-refractivity contribution in [2.45, 2.75) is 12.8 Å². The summed E-state index contributed by atoms with van der Waals surface area (Å²) >= 11 is 1.22. The molecule has 3 aromatic rings. The Balaban J connectivity index is 2.07. The Morgan fingerprint density at radius 3 is 2.91 bits per heavy atom. The lowest BCUT2D eigenvalue weighted by Gasteiger charge is -2.10. The highest BCUT2D eigenvalue weighted by Crippen LogP contribution is 2.33. The molecule has 5 N–H and O–H groups in total. The smallest absolute Gasteiger partial charge is 0.231 e. The van der Waals surface area contributed by atoms with Crippen molar-refractivity contribution in [1.29, 1.82) is 0 Å². The second-order valence-corrected chi connectivity index (χ2v) is 5.93. The van der Waals surface area contributed by atoms with Gasteiger partial charge in [-0.1, -0.05) is 0 Å². The molecule has 118 valence electrons. The zero-order valence-electron chi connectivity index (χ0n) is 12.2. The van der Waals surface area contributed by atoms with E-state index in [0.717, 1.165) is 5.52 Å². The van der Waals surface area contributed by atoms with E-state index in [9.17, 15) is 14.7 Å². The van der Waals surface area contributed by atoms with Crippen LogP contribution in [0, 0.1) is 0 Å². The van der Waals surface area contributed by atoms with Crippen molar-refractivity contribution in [2.75, 3.05) is 5.32 Å². The number of phenols is 1. The first-order valence-electron chi connectivity index (χ1n) is 6.78. The van der Waals surface area contributed by atoms with Crippen LogP contribution in [-0.2, 0) is 9.59 Å². The number of nitrogens with two attached hydrogens (primary N) is 1. The summed E-state index contributed by atoms with van der Waals surface area (Å²) in [5.41, 5.74) is 7.42. The summed E-state index contributed by atoms with van der Waals surface area (Å²) in [6, 6.07) is 4.84. The molecule has 1 unspecified atom stereocenters. The molecule has 0 saturated carbocycles. The molecule has 0 bridgehead atoms. The summed E-state index contributed by atoms with van der Waals surface area (Å²) in [4.78, 5) is 30.4. The van der Waals surface area contributed by atoms with Crippen molar-refractivity contribution in [3.63, 3.8) is 0 Å². The molecule has 0 saturated heterocycles. The number of nitrogens with zero attached hydrogens (tertiary/aromatic N) is 1. The van der Waals surface area contributed by atoms with Crippen molar-refractivity contribution in [1.82, 2.24) is 9.97 Å². The molecule has 2 aromatic heterocycles. The van der Waals surface area contributed by atoms with Gasteiger partial charge in [0.2, 0.25) is 11.8 Å². The third kappa shape index (κ3) is 2.88. The number of nitrogens with one attached hydrogen (secondary N) is 2. The molecule has 0 spiro atoms. The van der Waals surface area contributed by atoms with Gasteiger partial charge in [-0.2, -0.15) is 0 Å². The highest BCUT2D eigenvalue weighted by molar-refractivity contribution is 7.14. The van der Waals surface area contributed by atoms with Crippen LogP contribution in [0.1, 0.15) is 24.1 Å². The van der Waals surface area contributed by atoms with E-state index in [1.54, 1.807) is 29.8 Å². The standard InChI is InChI=1S/C15H14N4O3S/c1-7(20)18-15-19-12(6-23-15)13(14(16)22)10-5-17-11-3-2-8(21)4-9(10)11/h2-6,13,17,21H,1H3,(H2,16,22)(H,18,19,20). The van der Waals surface area contributed by atoms with E-state index in [2.05, 4.69) is 15.3 Å². The summed E-state index contributed by atoms with van der Waals surface area (Å²) in [6.45, 7) is 1.38. The van der Waals surface area contributed by atoms with Crippen LogP contribution in [-0.4, -0.2) is 26.9 Å². The average Bonchev–Trinajstić information content (AvgIpc) is 3.06. The Morgan fingerprint density at radius 2 is 2.22 bits per heavy atom. The van der Waals surface area contributed by atoms with E-state index in [0.29, 0.717) is 21.8 Å². The summed E-state index contributed by atoms with van der Waals surface area (Å²) in [7, 11) is 0. The minimum absolute atomic E-state index is 0.0961. The second-order valence-electron chi connectivity index (χ2n) is 5.07. The number of anilines is 1. The van der Waals surface area contributed by atoms with E-state index >= 15 is 0 Å². The van der Waals surface area contributed by atoms with Gasteiger partial charge >= 0.3 is 0 Å². The van der Waals surface area contributed by atoms with Crippen molar-refractivity contribution in [3.8, 4) is 5.75 Å². The fourth-order valence-corrected chi connectivity index (χ4v) is 3.24. The minimum atomic E-state index is -0.774. The normalized spacial score (nSPS) is 12.2. The van der Waals surface area contributed by atoms with Gasteiger partial charge in [-0.25, -0.2) is 4.98 Å². The van der Waals surface area contributed by atoms with Gasteiger partial charge in [0.25, 0.3) is 0 Å². The molecule has 0 aliphatic heterocycles. The number of carbonyl (C=O) groups is 2. The lowest BCUT2D eigenvalue weighted by molar-refractivity contribution is -0.118. The van der Waals surface area contributed by atoms with Crippen LogP contribution >= 0.6 is 11.3 Å². The number of aromatic amines is 1. The van der Waals surface area contributed by atoms with Crippen LogP contribution in [0.3, 0.4) is 0 Å². The van der Waals surface area contributed by atoms with Crippen LogP contribution in [0.2, 0.25) is 0 Å². The Hall–Kier alpha value is -2.87. The number of fused-ring (bicyclic) bond motifs is 1. The highest BCUT2D eigenvalue weighted by atomic mass is 32.1. The quantitative estimate of drug-likeness (QED) is 0.583. The molecular formula is C15H14N4O3S. The molecule has 1 aromatic carbocycles. The Bertz CT molecular complexity index is 899. The predicted molar refractivity (Wildman–Crippen MR) is 87.4 cm³/mol. The van der Waals surface area contributed by atoms with Gasteiger partial charge in [0.15, 0.2) is 5.13 Å². The van der Waals surface area contributed by atoms with E-state index in [-0.39, 0.29) is 11.7 Å². The van der Waals surface area contributed by atoms with Crippen molar-refractivity contribution >= 4 is 39.2 Å². The van der Waals surface area contributed by atoms with E-state index in [1.165, 1.54) is 18.3 Å². The third-order valence-electron chi connectivity index (χ3n) is 3.39. The molecule has 23 heavy (non-hydrogen) atoms. The monoisotopic (exact) mass is 330 g/mol. The van der Waals surface area contributed by atoms with Crippen LogP contribution in [0.25, 0.3) is 10.9 Å². The zero-order valence-corrected chi connectivity index (χ0v) is 13.0. The van der Waals surface area contributed by atoms with Crippen LogP contribution in [0.15, 0.2) is 29.8 Å². The van der Waals surface area contributed by atoms with Crippen LogP contribution in [0.4, 0.5) is 5.13 Å². The first kappa shape index (κ1) is 15.0. The molecule has 1 atom stereocenters. The lowest BCUT2D eigenvalue weighted by Crippen LogP contribution is -2.22. The maximum atomic E-state index is 12.0. The fourth-order valence-electron chi connectivity index (χ4n) is 2.45. The molecule has 2 heterocycles. The number of rotatable bonds is 4. The molecule has 0 aliphatic rings. The average molecular weight is 330 g/mol. The Labute approximate surface area is 135 Å². The maximum Gasteiger partial charge on any atom is 0.231 e. The number of primary amides is 1. The second kappa shape index (κ2) is 5.73. The van der Waals surface area contributed by atoms with E-state index in [1.807, 2.05) is 0 Å². The number of amides is 2. The first-order chi connectivity index (χ1) is 11.0. The lowest BCUT2D eigenvalue weighted by atomic mass is 9.95. The van der Waals surface area contributed by atoms with Crippen LogP contribution in [0.5, 0.6) is 5.75 Å². The zero-order chi connectivity index (χ0) is 16.6. The van der Waals surface area contributed by atoms with Crippen molar-refractivity contribution in [3.05, 3.63) is 41.0 Å². The number of carbonyl (C=O) groups excluding carboxylic acids is 2. The largest absolute Gasteiger partial charge is 0.508 e. The van der Waals surface area contributed by atoms with Gasteiger partial charge in [-0.05, 0) is 23.8 Å². The molecule has 0 fully saturated rings. The number of phenolic OH excluding ortho intramolecular Hbond substituents is 1. The van der Waals surface area contributed by atoms with Crippen LogP contribution < -0.4 is 11.1 Å². The Morgan fingerprint density at radius 1 is 1.43 bits per heavy atom. The fraction of sp³-hybridized carbons (Fsp3) is 0.133. The summed E-state index contributed by atoms with van der Waals surface area (Å²) in [5, 5.41) is 15.0. The summed E-state index contributed by atoms with van der Waals surface area (Å²) in [5.74, 6) is -1.48. The first-order valence-corrected chi connectivity index (χ1v) is 7.66. The molecule has 3 rings (SSSR count). The van der Waals surface area contributed by atoms with Crippen molar-refractivity contribution in [2.24, 2.45) is 5.73 Å². The number of hydrogen-bond acceptors (Lipinski definition) is 5. The maximum absolute atomic E-state index is 12.0. The molecule has 2 amide bonds. The molecule has 7 nitrogen and oxygen atoms in total. The number of benzene rings is 1. The summed E-state index contributed by atoms with van der Waals surface area (Å²) in [6.07, 6.45) is 1.68. The minimum Gasteiger partial charge on any atom is -0.508 e. The predicted octanol–water partition coefficient (Wildman–Crippen LogP) is 1.91. The molecule has 0 aliphatic carbocycles. The van der Waals surface area contributed by atoms with Gasteiger partial charge in [0.1, 0.15) is 11.7 Å². The van der Waals surface area contributed by atoms with E-state index < -0.39 is 11.8 Å². The summed E-state index contributed by atoms with van der Waals surface area (Å²) < 4.78 is 0. The number of aromatic hydroxyl groups is 1. The number of aromatic nitrogens is 2. The third-order valence-corrected chi connectivity index (χ3v) is 4.17. The van der Waals surface area contributed by atoms with Crippen molar-refractivity contribution < 1.29 is 14.7 Å². The van der Waals surface area contributed by atoms with Gasteiger partial charge in [0.05, 0.1) is 5.69 Å². The van der Waals surface area contributed by atoms with E-state index in [4.69, 9.17) is 5.73 Å². The van der Waals surface area contributed by atoms with Gasteiger partial charge < -0.3 is 21.1 Å². The highest BCUT2D eigenvalue weighted by Gasteiger charge is 2.26. The number of H-pyrrole nitrogens is 1. The molecular weight excluding hydrogens is 316 g/mol. The molecule has 0 radical (unpaired) electrons. The van der Waals surface area contributed by atoms with Gasteiger partial charge in [-0.15, -0.1) is 11.3 Å². The topological polar surface area (TPSA) is 121 Å².